The Kier molecular flexibility index (Phi) is 7.02. The maximum atomic E-state index is 11.4. The van der Waals surface area contributed by atoms with Crippen molar-refractivity contribution in [2.75, 3.05) is 23.3 Å². The van der Waals surface area contributed by atoms with E-state index in [4.69, 9.17) is 4.74 Å². The Hall–Kier alpha value is -4.40. The molecule has 2 aromatic carbocycles. The number of benzene rings is 2. The van der Waals surface area contributed by atoms with Gasteiger partial charge in [0.05, 0.1) is 5.39 Å². The Balaban J connectivity index is 1.56. The molecule has 0 spiro atoms. The highest BCUT2D eigenvalue weighted by molar-refractivity contribution is 5.90. The van der Waals surface area contributed by atoms with Crippen LogP contribution in [0, 0.1) is 0 Å². The quantitative estimate of drug-likeness (QED) is 0.352. The van der Waals surface area contributed by atoms with Gasteiger partial charge in [0, 0.05) is 50.6 Å². The zero-order valence-electron chi connectivity index (χ0n) is 19.0. The number of carbonyl (C=O) groups excluding carboxylic acids is 2. The van der Waals surface area contributed by atoms with Crippen molar-refractivity contribution in [3.05, 3.63) is 72.7 Å². The largest absolute Gasteiger partial charge is 0.489 e. The van der Waals surface area contributed by atoms with Crippen LogP contribution in [-0.2, 0) is 16.2 Å². The Bertz CT molecular complexity index is 1300. The minimum Gasteiger partial charge on any atom is -0.489 e. The number of H-pyrrole nitrogens is 1. The molecule has 0 aliphatic rings. The van der Waals surface area contributed by atoms with Gasteiger partial charge in [0.15, 0.2) is 0 Å². The van der Waals surface area contributed by atoms with Gasteiger partial charge in [0.25, 0.3) is 0 Å². The first-order valence-corrected chi connectivity index (χ1v) is 10.9. The number of amides is 2. The number of nitrogens with zero attached hydrogens (tertiary/aromatic N) is 3. The summed E-state index contributed by atoms with van der Waals surface area (Å²) in [7, 11) is 0. The summed E-state index contributed by atoms with van der Waals surface area (Å²) in [5.74, 6) is 1.19. The summed E-state index contributed by atoms with van der Waals surface area (Å²) in [5, 5.41) is 6.50. The first-order chi connectivity index (χ1) is 16.5. The van der Waals surface area contributed by atoms with Crippen LogP contribution in [0.1, 0.15) is 19.4 Å². The van der Waals surface area contributed by atoms with Crippen LogP contribution >= 0.6 is 0 Å². The molecule has 0 radical (unpaired) electrons. The number of fused-ring (bicyclic) bond motifs is 1. The molecule has 4 rings (SSSR count). The van der Waals surface area contributed by atoms with Crippen molar-refractivity contribution in [1.82, 2.24) is 20.3 Å². The van der Waals surface area contributed by atoms with Crippen LogP contribution in [0.5, 0.6) is 5.75 Å². The van der Waals surface area contributed by atoms with Crippen LogP contribution in [0.15, 0.2) is 67.1 Å². The van der Waals surface area contributed by atoms with Crippen molar-refractivity contribution < 1.29 is 14.3 Å². The molecule has 9 nitrogen and oxygen atoms in total. The average Bonchev–Trinajstić information content (AvgIpc) is 3.30. The second kappa shape index (κ2) is 10.5. The lowest BCUT2D eigenvalue weighted by Crippen LogP contribution is -2.32. The number of carbonyl (C=O) groups is 2. The number of nitrogens with one attached hydrogen (secondary N) is 3. The lowest BCUT2D eigenvalue weighted by molar-refractivity contribution is -0.119. The molecule has 2 heterocycles. The van der Waals surface area contributed by atoms with E-state index < -0.39 is 0 Å². The van der Waals surface area contributed by atoms with Gasteiger partial charge in [-0.3, -0.25) is 9.59 Å². The maximum absolute atomic E-state index is 11.4. The topological polar surface area (TPSA) is 112 Å². The zero-order valence-corrected chi connectivity index (χ0v) is 19.0. The summed E-state index contributed by atoms with van der Waals surface area (Å²) >= 11 is 0. The molecule has 9 heteroatoms. The average molecular weight is 459 g/mol. The van der Waals surface area contributed by atoms with Gasteiger partial charge in [0.2, 0.25) is 11.8 Å². The Morgan fingerprint density at radius 1 is 1.03 bits per heavy atom. The van der Waals surface area contributed by atoms with Crippen LogP contribution in [0.25, 0.3) is 11.0 Å². The van der Waals surface area contributed by atoms with Crippen molar-refractivity contribution in [3.8, 4) is 5.75 Å². The second-order valence-electron chi connectivity index (χ2n) is 7.74. The predicted molar refractivity (Wildman–Crippen MR) is 131 cm³/mol. The summed E-state index contributed by atoms with van der Waals surface area (Å²) < 4.78 is 5.97. The molecule has 2 amide bonds. The first-order valence-electron chi connectivity index (χ1n) is 10.9. The number of rotatable bonds is 9. The Morgan fingerprint density at radius 2 is 1.88 bits per heavy atom. The minimum absolute atomic E-state index is 0.0851. The lowest BCUT2D eigenvalue weighted by Gasteiger charge is -2.25. The number of aromatic nitrogens is 3. The number of hydrogen-bond acceptors (Lipinski definition) is 6. The van der Waals surface area contributed by atoms with Crippen molar-refractivity contribution in [1.29, 1.82) is 0 Å². The zero-order chi connectivity index (χ0) is 23.9. The number of ether oxygens (including phenoxy) is 1. The monoisotopic (exact) mass is 458 g/mol. The molecule has 0 aliphatic heterocycles. The summed E-state index contributed by atoms with van der Waals surface area (Å²) in [6.07, 6.45) is 3.35. The maximum Gasteiger partial charge on any atom is 0.221 e. The van der Waals surface area contributed by atoms with Gasteiger partial charge in [0.1, 0.15) is 30.1 Å². The van der Waals surface area contributed by atoms with Crippen LogP contribution in [0.2, 0.25) is 0 Å². The molecule has 174 valence electrons. The molecule has 3 N–H and O–H groups in total. The second-order valence-corrected chi connectivity index (χ2v) is 7.74. The van der Waals surface area contributed by atoms with E-state index in [1.54, 1.807) is 6.07 Å². The SMILES string of the molecule is CC(=O)NCCN(c1cccc(COc2cccc(NC(C)=O)c2)c1)c1ncnc2[nH]ccc12. The van der Waals surface area contributed by atoms with Gasteiger partial charge in [-0.1, -0.05) is 18.2 Å². The van der Waals surface area contributed by atoms with Crippen molar-refractivity contribution in [3.63, 3.8) is 0 Å². The van der Waals surface area contributed by atoms with Crippen LogP contribution in [-0.4, -0.2) is 39.9 Å². The Labute approximate surface area is 197 Å². The molecular formula is C25H26N6O3. The number of anilines is 3. The van der Waals surface area contributed by atoms with Gasteiger partial charge in [-0.25, -0.2) is 9.97 Å². The van der Waals surface area contributed by atoms with Gasteiger partial charge < -0.3 is 25.3 Å². The summed E-state index contributed by atoms with van der Waals surface area (Å²) in [4.78, 5) is 36.7. The molecule has 2 aromatic heterocycles. The summed E-state index contributed by atoms with van der Waals surface area (Å²) in [6.45, 7) is 4.30. The van der Waals surface area contributed by atoms with Gasteiger partial charge in [-0.2, -0.15) is 0 Å². The van der Waals surface area contributed by atoms with E-state index in [-0.39, 0.29) is 11.8 Å². The third kappa shape index (κ3) is 5.69. The van der Waals surface area contributed by atoms with Crippen molar-refractivity contribution in [2.24, 2.45) is 0 Å². The van der Waals surface area contributed by atoms with E-state index in [1.165, 1.54) is 20.2 Å². The highest BCUT2D eigenvalue weighted by Gasteiger charge is 2.16. The van der Waals surface area contributed by atoms with Gasteiger partial charge >= 0.3 is 0 Å². The van der Waals surface area contributed by atoms with E-state index in [0.717, 1.165) is 28.1 Å². The molecule has 0 bridgehead atoms. The van der Waals surface area contributed by atoms with E-state index in [1.807, 2.05) is 54.7 Å². The fourth-order valence-electron chi connectivity index (χ4n) is 3.62. The van der Waals surface area contributed by atoms with E-state index in [0.29, 0.717) is 31.1 Å². The number of aromatic amines is 1. The molecule has 4 aromatic rings. The van der Waals surface area contributed by atoms with Crippen LogP contribution < -0.4 is 20.3 Å². The normalized spacial score (nSPS) is 10.6. The molecule has 0 aliphatic carbocycles. The molecule has 0 unspecified atom stereocenters. The van der Waals surface area contributed by atoms with Crippen LogP contribution in [0.3, 0.4) is 0 Å². The third-order valence-electron chi connectivity index (χ3n) is 5.08. The lowest BCUT2D eigenvalue weighted by atomic mass is 10.2. The molecule has 0 atom stereocenters. The fourth-order valence-corrected chi connectivity index (χ4v) is 3.62. The third-order valence-corrected chi connectivity index (χ3v) is 5.08. The minimum atomic E-state index is -0.134. The van der Waals surface area contributed by atoms with E-state index >= 15 is 0 Å². The summed E-state index contributed by atoms with van der Waals surface area (Å²) in [6, 6.07) is 17.2. The van der Waals surface area contributed by atoms with Gasteiger partial charge in [-0.15, -0.1) is 0 Å². The van der Waals surface area contributed by atoms with Gasteiger partial charge in [-0.05, 0) is 35.9 Å². The Morgan fingerprint density at radius 3 is 2.71 bits per heavy atom. The predicted octanol–water partition coefficient (Wildman–Crippen LogP) is 3.77. The molecular weight excluding hydrogens is 432 g/mol. The molecule has 34 heavy (non-hydrogen) atoms. The smallest absolute Gasteiger partial charge is 0.221 e. The molecule has 0 fully saturated rings. The van der Waals surface area contributed by atoms with E-state index in [2.05, 4.69) is 30.5 Å². The summed E-state index contributed by atoms with van der Waals surface area (Å²) in [5.41, 5.74) is 3.31. The van der Waals surface area contributed by atoms with Crippen molar-refractivity contribution >= 4 is 40.0 Å². The highest BCUT2D eigenvalue weighted by Crippen LogP contribution is 2.29. The number of hydrogen-bond donors (Lipinski definition) is 3. The first kappa shape index (κ1) is 22.8. The molecule has 0 saturated carbocycles. The van der Waals surface area contributed by atoms with Crippen molar-refractivity contribution in [2.45, 2.75) is 20.5 Å². The van der Waals surface area contributed by atoms with E-state index in [9.17, 15) is 9.59 Å². The van der Waals surface area contributed by atoms with Crippen LogP contribution in [0.4, 0.5) is 17.2 Å². The highest BCUT2D eigenvalue weighted by atomic mass is 16.5. The fraction of sp³-hybridized carbons (Fsp3) is 0.200. The molecule has 0 saturated heterocycles. The standard InChI is InChI=1S/C25H26N6O3/c1-17(32)26-11-12-31(25-23-9-10-27-24(23)28-16-29-25)21-7-3-5-19(13-21)15-34-22-8-4-6-20(14-22)30-18(2)33/h3-10,13-14,16H,11-12,15H2,1-2H3,(H,26,32)(H,30,33)(H,27,28,29).